The van der Waals surface area contributed by atoms with Crippen molar-refractivity contribution < 1.29 is 9.90 Å². The SMILES string of the molecule is N[C@@H]1CCc2cc(C(=O)O)ccc21. The summed E-state index contributed by atoms with van der Waals surface area (Å²) in [5.74, 6) is -0.872. The van der Waals surface area contributed by atoms with Crippen molar-refractivity contribution in [2.45, 2.75) is 18.9 Å². The second-order valence-electron chi connectivity index (χ2n) is 3.36. The minimum atomic E-state index is -0.872. The predicted molar refractivity (Wildman–Crippen MR) is 48.7 cm³/mol. The van der Waals surface area contributed by atoms with Crippen LogP contribution in [0, 0.1) is 0 Å². The summed E-state index contributed by atoms with van der Waals surface area (Å²) in [4.78, 5) is 10.7. The normalized spacial score (nSPS) is 19.9. The van der Waals surface area contributed by atoms with Crippen LogP contribution in [0.5, 0.6) is 0 Å². The molecule has 0 bridgehead atoms. The number of carboxylic acid groups (broad SMARTS) is 1. The molecule has 1 atom stereocenters. The van der Waals surface area contributed by atoms with Crippen LogP contribution in [-0.4, -0.2) is 11.1 Å². The van der Waals surface area contributed by atoms with Gasteiger partial charge in [0, 0.05) is 6.04 Å². The van der Waals surface area contributed by atoms with Gasteiger partial charge < -0.3 is 10.8 Å². The smallest absolute Gasteiger partial charge is 0.335 e. The molecule has 0 heterocycles. The molecule has 0 aromatic heterocycles. The van der Waals surface area contributed by atoms with Crippen LogP contribution >= 0.6 is 0 Å². The molecule has 68 valence electrons. The van der Waals surface area contributed by atoms with Crippen LogP contribution in [0.1, 0.15) is 33.9 Å². The number of hydrogen-bond acceptors (Lipinski definition) is 2. The first kappa shape index (κ1) is 8.26. The van der Waals surface area contributed by atoms with Gasteiger partial charge in [0.15, 0.2) is 0 Å². The Hall–Kier alpha value is -1.35. The molecule has 1 aromatic rings. The molecule has 1 aromatic carbocycles. The summed E-state index contributed by atoms with van der Waals surface area (Å²) in [7, 11) is 0. The molecule has 0 saturated carbocycles. The Morgan fingerprint density at radius 3 is 3.00 bits per heavy atom. The van der Waals surface area contributed by atoms with E-state index in [9.17, 15) is 4.79 Å². The Morgan fingerprint density at radius 2 is 2.31 bits per heavy atom. The van der Waals surface area contributed by atoms with E-state index >= 15 is 0 Å². The highest BCUT2D eigenvalue weighted by molar-refractivity contribution is 5.88. The summed E-state index contributed by atoms with van der Waals surface area (Å²) in [5, 5.41) is 8.75. The van der Waals surface area contributed by atoms with Gasteiger partial charge in [-0.15, -0.1) is 0 Å². The molecule has 1 aliphatic carbocycles. The molecule has 0 unspecified atom stereocenters. The summed E-state index contributed by atoms with van der Waals surface area (Å²) >= 11 is 0. The van der Waals surface area contributed by atoms with Gasteiger partial charge in [0.05, 0.1) is 5.56 Å². The van der Waals surface area contributed by atoms with Gasteiger partial charge in [0.25, 0.3) is 0 Å². The molecule has 2 rings (SSSR count). The van der Waals surface area contributed by atoms with Crippen molar-refractivity contribution in [3.8, 4) is 0 Å². The van der Waals surface area contributed by atoms with Crippen LogP contribution in [0.3, 0.4) is 0 Å². The number of nitrogens with two attached hydrogens (primary N) is 1. The summed E-state index contributed by atoms with van der Waals surface area (Å²) in [6, 6.07) is 5.27. The number of fused-ring (bicyclic) bond motifs is 1. The molecule has 0 aliphatic heterocycles. The van der Waals surface area contributed by atoms with E-state index in [0.717, 1.165) is 24.0 Å². The van der Waals surface area contributed by atoms with Crippen molar-refractivity contribution >= 4 is 5.97 Å². The zero-order chi connectivity index (χ0) is 9.42. The zero-order valence-electron chi connectivity index (χ0n) is 7.16. The van der Waals surface area contributed by atoms with Crippen LogP contribution in [0.15, 0.2) is 18.2 Å². The van der Waals surface area contributed by atoms with Gasteiger partial charge in [0.1, 0.15) is 0 Å². The van der Waals surface area contributed by atoms with E-state index in [1.807, 2.05) is 6.07 Å². The van der Waals surface area contributed by atoms with Crippen molar-refractivity contribution in [1.82, 2.24) is 0 Å². The van der Waals surface area contributed by atoms with Gasteiger partial charge >= 0.3 is 5.97 Å². The molecule has 0 saturated heterocycles. The third-order valence-electron chi connectivity index (χ3n) is 2.51. The molecule has 3 nitrogen and oxygen atoms in total. The fourth-order valence-corrected chi connectivity index (χ4v) is 1.78. The number of hydrogen-bond donors (Lipinski definition) is 2. The Labute approximate surface area is 76.2 Å². The maximum absolute atomic E-state index is 10.7. The van der Waals surface area contributed by atoms with E-state index in [0.29, 0.717) is 5.56 Å². The number of rotatable bonds is 1. The summed E-state index contributed by atoms with van der Waals surface area (Å²) < 4.78 is 0. The first-order chi connectivity index (χ1) is 6.18. The average Bonchev–Trinajstić information content (AvgIpc) is 2.47. The largest absolute Gasteiger partial charge is 0.478 e. The number of carbonyl (C=O) groups is 1. The highest BCUT2D eigenvalue weighted by atomic mass is 16.4. The van der Waals surface area contributed by atoms with Gasteiger partial charge in [-0.3, -0.25) is 0 Å². The fraction of sp³-hybridized carbons (Fsp3) is 0.300. The number of aromatic carboxylic acids is 1. The first-order valence-electron chi connectivity index (χ1n) is 4.30. The monoisotopic (exact) mass is 177 g/mol. The van der Waals surface area contributed by atoms with Crippen molar-refractivity contribution in [3.05, 3.63) is 34.9 Å². The second kappa shape index (κ2) is 2.85. The lowest BCUT2D eigenvalue weighted by Crippen LogP contribution is -2.05. The maximum atomic E-state index is 10.7. The first-order valence-corrected chi connectivity index (χ1v) is 4.30. The molecule has 0 radical (unpaired) electrons. The van der Waals surface area contributed by atoms with Crippen molar-refractivity contribution in [2.75, 3.05) is 0 Å². The van der Waals surface area contributed by atoms with Crippen LogP contribution in [0.2, 0.25) is 0 Å². The minimum Gasteiger partial charge on any atom is -0.478 e. The molecule has 3 N–H and O–H groups in total. The van der Waals surface area contributed by atoms with Gasteiger partial charge in [0.2, 0.25) is 0 Å². The summed E-state index contributed by atoms with van der Waals surface area (Å²) in [6.07, 6.45) is 1.83. The number of aryl methyl sites for hydroxylation is 1. The van der Waals surface area contributed by atoms with E-state index in [1.165, 1.54) is 0 Å². The molecule has 1 aliphatic rings. The van der Waals surface area contributed by atoms with E-state index in [-0.39, 0.29) is 6.04 Å². The summed E-state index contributed by atoms with van der Waals surface area (Å²) in [6.45, 7) is 0. The van der Waals surface area contributed by atoms with E-state index in [1.54, 1.807) is 12.1 Å². The highest BCUT2D eigenvalue weighted by Gasteiger charge is 2.19. The standard InChI is InChI=1S/C10H11NO2/c11-9-4-2-6-5-7(10(12)13)1-3-8(6)9/h1,3,5,9H,2,4,11H2,(H,12,13)/t9-/m1/s1. The lowest BCUT2D eigenvalue weighted by atomic mass is 10.1. The Morgan fingerprint density at radius 1 is 1.54 bits per heavy atom. The Balaban J connectivity index is 2.45. The third kappa shape index (κ3) is 1.31. The molecule has 3 heteroatoms. The van der Waals surface area contributed by atoms with Gasteiger partial charge in [-0.2, -0.15) is 0 Å². The molecule has 0 fully saturated rings. The minimum absolute atomic E-state index is 0.0952. The number of carboxylic acids is 1. The molecular weight excluding hydrogens is 166 g/mol. The zero-order valence-corrected chi connectivity index (χ0v) is 7.16. The molecule has 0 amide bonds. The van der Waals surface area contributed by atoms with Crippen LogP contribution in [0.25, 0.3) is 0 Å². The quantitative estimate of drug-likeness (QED) is 0.680. The lowest BCUT2D eigenvalue weighted by molar-refractivity contribution is 0.0697. The van der Waals surface area contributed by atoms with E-state index in [2.05, 4.69) is 0 Å². The van der Waals surface area contributed by atoms with Gasteiger partial charge in [-0.1, -0.05) is 6.07 Å². The maximum Gasteiger partial charge on any atom is 0.335 e. The van der Waals surface area contributed by atoms with Crippen LogP contribution < -0.4 is 5.73 Å². The highest BCUT2D eigenvalue weighted by Crippen LogP contribution is 2.29. The van der Waals surface area contributed by atoms with Crippen molar-refractivity contribution in [1.29, 1.82) is 0 Å². The van der Waals surface area contributed by atoms with Crippen LogP contribution in [-0.2, 0) is 6.42 Å². The van der Waals surface area contributed by atoms with Crippen molar-refractivity contribution in [2.24, 2.45) is 5.73 Å². The molecule has 13 heavy (non-hydrogen) atoms. The number of benzene rings is 1. The molecule has 0 spiro atoms. The molecular formula is C10H11NO2. The fourth-order valence-electron chi connectivity index (χ4n) is 1.78. The van der Waals surface area contributed by atoms with Crippen molar-refractivity contribution in [3.63, 3.8) is 0 Å². The second-order valence-corrected chi connectivity index (χ2v) is 3.36. The predicted octanol–water partition coefficient (Wildman–Crippen LogP) is 1.33. The average molecular weight is 177 g/mol. The van der Waals surface area contributed by atoms with Gasteiger partial charge in [-0.05, 0) is 36.1 Å². The lowest BCUT2D eigenvalue weighted by Gasteiger charge is -2.04. The van der Waals surface area contributed by atoms with Gasteiger partial charge in [-0.25, -0.2) is 4.79 Å². The topological polar surface area (TPSA) is 63.3 Å². The van der Waals surface area contributed by atoms with E-state index < -0.39 is 5.97 Å². The summed E-state index contributed by atoms with van der Waals surface area (Å²) in [5.41, 5.74) is 8.37. The van der Waals surface area contributed by atoms with E-state index in [4.69, 9.17) is 10.8 Å². The Kier molecular flexibility index (Phi) is 1.81. The third-order valence-corrected chi connectivity index (χ3v) is 2.51. The van der Waals surface area contributed by atoms with Crippen LogP contribution in [0.4, 0.5) is 0 Å². The Bertz CT molecular complexity index is 360.